The second-order valence-electron chi connectivity index (χ2n) is 4.77. The van der Waals surface area contributed by atoms with E-state index in [1.54, 1.807) is 7.11 Å². The largest absolute Gasteiger partial charge is 0.384 e. The minimum Gasteiger partial charge on any atom is -0.384 e. The first-order valence-corrected chi connectivity index (χ1v) is 5.42. The van der Waals surface area contributed by atoms with Crippen molar-refractivity contribution in [3.05, 3.63) is 0 Å². The highest BCUT2D eigenvalue weighted by molar-refractivity contribution is 5.82. The van der Waals surface area contributed by atoms with Gasteiger partial charge in [0.15, 0.2) is 0 Å². The van der Waals surface area contributed by atoms with Crippen molar-refractivity contribution >= 4 is 5.91 Å². The average Bonchev–Trinajstić information content (AvgIpc) is 2.93. The van der Waals surface area contributed by atoms with Crippen LogP contribution in [0.15, 0.2) is 0 Å². The molecule has 2 fully saturated rings. The maximum atomic E-state index is 11.6. The van der Waals surface area contributed by atoms with Crippen LogP contribution in [0.2, 0.25) is 0 Å². The van der Waals surface area contributed by atoms with Crippen molar-refractivity contribution in [1.29, 1.82) is 0 Å². The summed E-state index contributed by atoms with van der Waals surface area (Å²) >= 11 is 0. The predicted octanol–water partition coefficient (Wildman–Crippen LogP) is 1.18. The van der Waals surface area contributed by atoms with Crippen molar-refractivity contribution in [2.24, 2.45) is 17.3 Å². The summed E-state index contributed by atoms with van der Waals surface area (Å²) in [6.45, 7) is 4.85. The Morgan fingerprint density at radius 2 is 2.14 bits per heavy atom. The molecule has 0 spiro atoms. The van der Waals surface area contributed by atoms with Gasteiger partial charge >= 0.3 is 0 Å². The Kier molecular flexibility index (Phi) is 2.30. The molecule has 1 aliphatic heterocycles. The summed E-state index contributed by atoms with van der Waals surface area (Å²) in [6, 6.07) is 0.262. The highest BCUT2D eigenvalue weighted by atomic mass is 16.5. The van der Waals surface area contributed by atoms with Gasteiger partial charge < -0.3 is 10.1 Å². The molecule has 0 aromatic carbocycles. The molecule has 1 amide bonds. The number of rotatable bonds is 3. The van der Waals surface area contributed by atoms with Gasteiger partial charge in [-0.1, -0.05) is 6.92 Å². The minimum atomic E-state index is 0.0613. The SMILES string of the molecule is COCC1(C2CC2)C(C)NC(=O)C1C. The van der Waals surface area contributed by atoms with Crippen LogP contribution in [0.4, 0.5) is 0 Å². The number of amides is 1. The van der Waals surface area contributed by atoms with E-state index in [4.69, 9.17) is 4.74 Å². The van der Waals surface area contributed by atoms with Crippen LogP contribution < -0.4 is 5.32 Å². The topological polar surface area (TPSA) is 38.3 Å². The molecule has 1 heterocycles. The third-order valence-corrected chi connectivity index (χ3v) is 4.10. The van der Waals surface area contributed by atoms with Gasteiger partial charge in [-0.05, 0) is 25.7 Å². The van der Waals surface area contributed by atoms with Crippen molar-refractivity contribution in [2.45, 2.75) is 32.7 Å². The molecule has 14 heavy (non-hydrogen) atoms. The number of carbonyl (C=O) groups is 1. The van der Waals surface area contributed by atoms with E-state index < -0.39 is 0 Å². The van der Waals surface area contributed by atoms with Crippen molar-refractivity contribution in [2.75, 3.05) is 13.7 Å². The zero-order chi connectivity index (χ0) is 10.3. The summed E-state index contributed by atoms with van der Waals surface area (Å²) in [6.07, 6.45) is 2.51. The number of carbonyl (C=O) groups excluding carboxylic acids is 1. The Morgan fingerprint density at radius 1 is 1.50 bits per heavy atom. The highest BCUT2D eigenvalue weighted by Crippen LogP contribution is 2.54. The normalized spacial score (nSPS) is 42.6. The fraction of sp³-hybridized carbons (Fsp3) is 0.909. The Balaban J connectivity index is 2.27. The molecular weight excluding hydrogens is 178 g/mol. The highest BCUT2D eigenvalue weighted by Gasteiger charge is 2.58. The third-order valence-electron chi connectivity index (χ3n) is 4.10. The van der Waals surface area contributed by atoms with Gasteiger partial charge in [0.25, 0.3) is 0 Å². The second-order valence-corrected chi connectivity index (χ2v) is 4.77. The quantitative estimate of drug-likeness (QED) is 0.738. The molecule has 0 aromatic rings. The molecule has 3 heteroatoms. The number of ether oxygens (including phenoxy) is 1. The summed E-state index contributed by atoms with van der Waals surface area (Å²) in [7, 11) is 1.73. The summed E-state index contributed by atoms with van der Waals surface area (Å²) in [4.78, 5) is 11.6. The molecule has 1 saturated heterocycles. The molecule has 2 rings (SSSR count). The van der Waals surface area contributed by atoms with Crippen LogP contribution in [0.5, 0.6) is 0 Å². The molecule has 1 aliphatic carbocycles. The summed E-state index contributed by atoms with van der Waals surface area (Å²) < 4.78 is 5.33. The van der Waals surface area contributed by atoms with Crippen LogP contribution in [-0.2, 0) is 9.53 Å². The molecular formula is C11H19NO2. The van der Waals surface area contributed by atoms with Gasteiger partial charge in [0.05, 0.1) is 6.61 Å². The predicted molar refractivity (Wildman–Crippen MR) is 53.8 cm³/mol. The molecule has 3 nitrogen and oxygen atoms in total. The Hall–Kier alpha value is -0.570. The third kappa shape index (κ3) is 1.18. The molecule has 1 N–H and O–H groups in total. The van der Waals surface area contributed by atoms with Crippen LogP contribution in [0.3, 0.4) is 0 Å². The first-order valence-electron chi connectivity index (χ1n) is 5.42. The lowest BCUT2D eigenvalue weighted by molar-refractivity contribution is -0.124. The summed E-state index contributed by atoms with van der Waals surface area (Å²) in [5.41, 5.74) is 0.0613. The van der Waals surface area contributed by atoms with E-state index in [1.165, 1.54) is 12.8 Å². The Labute approximate surface area is 85.2 Å². The van der Waals surface area contributed by atoms with E-state index in [0.29, 0.717) is 12.5 Å². The van der Waals surface area contributed by atoms with Gasteiger partial charge in [-0.15, -0.1) is 0 Å². The monoisotopic (exact) mass is 197 g/mol. The maximum Gasteiger partial charge on any atom is 0.223 e. The Bertz CT molecular complexity index is 250. The van der Waals surface area contributed by atoms with E-state index >= 15 is 0 Å². The lowest BCUT2D eigenvalue weighted by atomic mass is 9.71. The molecule has 0 bridgehead atoms. The van der Waals surface area contributed by atoms with E-state index in [2.05, 4.69) is 12.2 Å². The van der Waals surface area contributed by atoms with Crippen LogP contribution in [0, 0.1) is 17.3 Å². The minimum absolute atomic E-state index is 0.0613. The molecule has 1 saturated carbocycles. The lowest BCUT2D eigenvalue weighted by Crippen LogP contribution is -2.42. The van der Waals surface area contributed by atoms with Crippen molar-refractivity contribution < 1.29 is 9.53 Å². The van der Waals surface area contributed by atoms with E-state index in [9.17, 15) is 4.79 Å². The van der Waals surface area contributed by atoms with Gasteiger partial charge in [-0.2, -0.15) is 0 Å². The van der Waals surface area contributed by atoms with Crippen molar-refractivity contribution in [3.63, 3.8) is 0 Å². The summed E-state index contributed by atoms with van der Waals surface area (Å²) in [5.74, 6) is 0.984. The molecule has 0 radical (unpaired) electrons. The number of hydrogen-bond acceptors (Lipinski definition) is 2. The molecule has 0 aromatic heterocycles. The fourth-order valence-electron chi connectivity index (χ4n) is 3.04. The van der Waals surface area contributed by atoms with E-state index in [1.807, 2.05) is 6.92 Å². The van der Waals surface area contributed by atoms with Crippen LogP contribution in [0.1, 0.15) is 26.7 Å². The van der Waals surface area contributed by atoms with Crippen LogP contribution >= 0.6 is 0 Å². The van der Waals surface area contributed by atoms with Gasteiger partial charge in [-0.3, -0.25) is 4.79 Å². The fourth-order valence-corrected chi connectivity index (χ4v) is 3.04. The van der Waals surface area contributed by atoms with Crippen molar-refractivity contribution in [3.8, 4) is 0 Å². The first kappa shape index (κ1) is 9.97. The van der Waals surface area contributed by atoms with Gasteiger partial charge in [-0.25, -0.2) is 0 Å². The van der Waals surface area contributed by atoms with Crippen LogP contribution in [0.25, 0.3) is 0 Å². The zero-order valence-corrected chi connectivity index (χ0v) is 9.17. The Morgan fingerprint density at radius 3 is 2.50 bits per heavy atom. The zero-order valence-electron chi connectivity index (χ0n) is 9.17. The smallest absolute Gasteiger partial charge is 0.223 e. The van der Waals surface area contributed by atoms with Gasteiger partial charge in [0, 0.05) is 24.5 Å². The summed E-state index contributed by atoms with van der Waals surface area (Å²) in [5, 5.41) is 3.04. The number of nitrogens with one attached hydrogen (secondary N) is 1. The molecule has 3 unspecified atom stereocenters. The number of hydrogen-bond donors (Lipinski definition) is 1. The van der Waals surface area contributed by atoms with Gasteiger partial charge in [0.1, 0.15) is 0 Å². The second kappa shape index (κ2) is 3.23. The van der Waals surface area contributed by atoms with E-state index in [0.717, 1.165) is 0 Å². The molecule has 80 valence electrons. The molecule has 2 aliphatic rings. The molecule has 3 atom stereocenters. The maximum absolute atomic E-state index is 11.6. The lowest BCUT2D eigenvalue weighted by Gasteiger charge is -2.35. The van der Waals surface area contributed by atoms with Gasteiger partial charge in [0.2, 0.25) is 5.91 Å². The average molecular weight is 197 g/mol. The standard InChI is InChI=1S/C11H19NO2/c1-7-10(13)12-8(2)11(7,6-14-3)9-4-5-9/h7-9H,4-6H2,1-3H3,(H,12,13). The van der Waals surface area contributed by atoms with Crippen LogP contribution in [-0.4, -0.2) is 25.7 Å². The first-order chi connectivity index (χ1) is 6.63. The van der Waals surface area contributed by atoms with Crippen molar-refractivity contribution in [1.82, 2.24) is 5.32 Å². The number of methoxy groups -OCH3 is 1. The van der Waals surface area contributed by atoms with E-state index in [-0.39, 0.29) is 23.3 Å².